The fraction of sp³-hybridized carbons (Fsp3) is 0.522. The summed E-state index contributed by atoms with van der Waals surface area (Å²) in [5.74, 6) is 0. The summed E-state index contributed by atoms with van der Waals surface area (Å²) in [7, 11) is -3.38. The zero-order valence-corrected chi connectivity index (χ0v) is 18.3. The zero-order chi connectivity index (χ0) is 20.8. The Labute approximate surface area is 178 Å². The Morgan fingerprint density at radius 1 is 1.23 bits per heavy atom. The maximum Gasteiger partial charge on any atom is 0.227 e. The highest BCUT2D eigenvalue weighted by Gasteiger charge is 2.38. The largest absolute Gasteiger partial charge is 0.376 e. The highest BCUT2D eigenvalue weighted by atomic mass is 32.2. The van der Waals surface area contributed by atoms with E-state index in [9.17, 15) is 8.42 Å². The Morgan fingerprint density at radius 3 is 2.77 bits per heavy atom. The van der Waals surface area contributed by atoms with Crippen molar-refractivity contribution in [2.45, 2.75) is 55.4 Å². The van der Waals surface area contributed by atoms with Gasteiger partial charge < -0.3 is 9.30 Å². The van der Waals surface area contributed by atoms with Gasteiger partial charge in [0, 0.05) is 24.8 Å². The number of hydrogen-bond acceptors (Lipinski definition) is 5. The number of fused-ring (bicyclic) bond motifs is 2. The number of aromatic nitrogens is 2. The van der Waals surface area contributed by atoms with Gasteiger partial charge in [-0.05, 0) is 49.9 Å². The first kappa shape index (κ1) is 20.0. The number of imidazole rings is 1. The quantitative estimate of drug-likeness (QED) is 0.734. The summed E-state index contributed by atoms with van der Waals surface area (Å²) in [5, 5.41) is 0.161. The van der Waals surface area contributed by atoms with Gasteiger partial charge in [0.15, 0.2) is 0 Å². The van der Waals surface area contributed by atoms with Crippen molar-refractivity contribution in [3.8, 4) is 0 Å². The lowest BCUT2D eigenvalue weighted by molar-refractivity contribution is 0.0926. The van der Waals surface area contributed by atoms with Crippen molar-refractivity contribution < 1.29 is 13.2 Å². The molecule has 3 heterocycles. The first-order valence-corrected chi connectivity index (χ1v) is 12.7. The van der Waals surface area contributed by atoms with E-state index >= 15 is 0 Å². The molecule has 6 nitrogen and oxygen atoms in total. The molecule has 7 heteroatoms. The highest BCUT2D eigenvalue weighted by molar-refractivity contribution is 7.90. The van der Waals surface area contributed by atoms with Crippen molar-refractivity contribution in [2.24, 2.45) is 0 Å². The predicted octanol–water partition coefficient (Wildman–Crippen LogP) is 3.03. The lowest BCUT2D eigenvalue weighted by atomic mass is 9.74. The Morgan fingerprint density at radius 2 is 2.03 bits per heavy atom. The van der Waals surface area contributed by atoms with Gasteiger partial charge in [0.05, 0.1) is 24.5 Å². The van der Waals surface area contributed by atoms with Crippen molar-refractivity contribution in [2.75, 3.05) is 26.0 Å². The van der Waals surface area contributed by atoms with Crippen molar-refractivity contribution in [3.05, 3.63) is 53.4 Å². The summed E-state index contributed by atoms with van der Waals surface area (Å²) in [5.41, 5.74) is 3.92. The van der Waals surface area contributed by atoms with E-state index in [1.807, 2.05) is 4.57 Å². The van der Waals surface area contributed by atoms with E-state index in [4.69, 9.17) is 4.74 Å². The van der Waals surface area contributed by atoms with Crippen LogP contribution in [0.2, 0.25) is 0 Å². The summed E-state index contributed by atoms with van der Waals surface area (Å²) >= 11 is 0. The van der Waals surface area contributed by atoms with Gasteiger partial charge in [-0.15, -0.1) is 0 Å². The molecule has 2 saturated heterocycles. The Hall–Kier alpha value is -1.96. The van der Waals surface area contributed by atoms with Crippen LogP contribution in [0.3, 0.4) is 0 Å². The molecule has 0 amide bonds. The van der Waals surface area contributed by atoms with Crippen LogP contribution in [0.25, 0.3) is 6.08 Å². The number of allylic oxidation sites excluding steroid dienone is 1. The van der Waals surface area contributed by atoms with Crippen LogP contribution in [0.1, 0.15) is 42.5 Å². The van der Waals surface area contributed by atoms with Crippen LogP contribution in [0.4, 0.5) is 0 Å². The van der Waals surface area contributed by atoms with Gasteiger partial charge >= 0.3 is 0 Å². The zero-order valence-electron chi connectivity index (χ0n) is 17.5. The molecule has 0 radical (unpaired) electrons. The molecule has 1 atom stereocenters. The molecule has 0 N–H and O–H groups in total. The number of nitrogens with zero attached hydrogens (tertiary/aromatic N) is 3. The van der Waals surface area contributed by atoms with Gasteiger partial charge in [0.2, 0.25) is 15.0 Å². The number of hydrogen-bond donors (Lipinski definition) is 0. The molecule has 0 bridgehead atoms. The summed E-state index contributed by atoms with van der Waals surface area (Å²) in [6.07, 6.45) is 11.9. The third-order valence-corrected chi connectivity index (χ3v) is 7.85. The number of ether oxygens (including phenoxy) is 1. The molecule has 2 aliphatic heterocycles. The minimum Gasteiger partial charge on any atom is -0.376 e. The van der Waals surface area contributed by atoms with Crippen molar-refractivity contribution >= 4 is 15.9 Å². The molecular weight excluding hydrogens is 398 g/mol. The van der Waals surface area contributed by atoms with E-state index in [0.717, 1.165) is 57.6 Å². The second-order valence-electron chi connectivity index (χ2n) is 8.90. The lowest BCUT2D eigenvalue weighted by Crippen LogP contribution is -2.41. The molecule has 2 aromatic rings. The molecule has 1 aromatic heterocycles. The molecular formula is C23H29N3O3S. The minimum atomic E-state index is -3.38. The van der Waals surface area contributed by atoms with E-state index in [1.165, 1.54) is 17.4 Å². The van der Waals surface area contributed by atoms with Crippen molar-refractivity contribution in [1.29, 1.82) is 0 Å². The number of likely N-dealkylation sites (tertiary alicyclic amines) is 1. The SMILES string of the molecule is CS(=O)(=O)c1ncc(CN2CCC3(C=Cc4ccccc43)CC2)n1CC1CCCO1. The highest BCUT2D eigenvalue weighted by Crippen LogP contribution is 2.43. The van der Waals surface area contributed by atoms with Gasteiger partial charge in [0.1, 0.15) is 0 Å². The normalized spacial score (nSPS) is 23.3. The Kier molecular flexibility index (Phi) is 5.08. The number of sulfone groups is 1. The van der Waals surface area contributed by atoms with Gasteiger partial charge in [-0.1, -0.05) is 36.4 Å². The molecule has 30 heavy (non-hydrogen) atoms. The number of rotatable bonds is 5. The first-order valence-electron chi connectivity index (χ1n) is 10.8. The van der Waals surface area contributed by atoms with Gasteiger partial charge in [-0.25, -0.2) is 13.4 Å². The molecule has 1 aromatic carbocycles. The monoisotopic (exact) mass is 427 g/mol. The summed E-state index contributed by atoms with van der Waals surface area (Å²) < 4.78 is 32.2. The van der Waals surface area contributed by atoms with Crippen LogP contribution >= 0.6 is 0 Å². The van der Waals surface area contributed by atoms with Gasteiger partial charge in [0.25, 0.3) is 0 Å². The van der Waals surface area contributed by atoms with Crippen LogP contribution in [0, 0.1) is 0 Å². The number of piperidine rings is 1. The molecule has 1 spiro atoms. The molecule has 0 saturated carbocycles. The molecule has 3 aliphatic rings. The Bertz CT molecular complexity index is 1060. The average molecular weight is 428 g/mol. The third-order valence-electron chi connectivity index (χ3n) is 6.86. The molecule has 5 rings (SSSR count). The predicted molar refractivity (Wildman–Crippen MR) is 116 cm³/mol. The van der Waals surface area contributed by atoms with Crippen LogP contribution in [0.5, 0.6) is 0 Å². The van der Waals surface area contributed by atoms with Gasteiger partial charge in [-0.3, -0.25) is 4.90 Å². The van der Waals surface area contributed by atoms with E-state index in [-0.39, 0.29) is 16.7 Å². The van der Waals surface area contributed by atoms with Crippen LogP contribution in [0.15, 0.2) is 41.7 Å². The maximum atomic E-state index is 12.3. The summed E-state index contributed by atoms with van der Waals surface area (Å²) in [6.45, 7) is 4.00. The fourth-order valence-corrected chi connectivity index (χ4v) is 6.05. The van der Waals surface area contributed by atoms with Crippen LogP contribution in [-0.2, 0) is 33.1 Å². The molecule has 2 fully saturated rings. The topological polar surface area (TPSA) is 64.4 Å². The molecule has 160 valence electrons. The number of benzene rings is 1. The van der Waals surface area contributed by atoms with Crippen molar-refractivity contribution in [3.63, 3.8) is 0 Å². The summed E-state index contributed by atoms with van der Waals surface area (Å²) in [6, 6.07) is 8.70. The smallest absolute Gasteiger partial charge is 0.227 e. The first-order chi connectivity index (χ1) is 14.4. The lowest BCUT2D eigenvalue weighted by Gasteiger charge is -2.39. The van der Waals surface area contributed by atoms with Crippen molar-refractivity contribution in [1.82, 2.24) is 14.5 Å². The molecule has 1 aliphatic carbocycles. The Balaban J connectivity index is 1.32. The minimum absolute atomic E-state index is 0.0724. The molecule has 1 unspecified atom stereocenters. The van der Waals surface area contributed by atoms with Gasteiger partial charge in [-0.2, -0.15) is 0 Å². The van der Waals surface area contributed by atoms with E-state index in [1.54, 1.807) is 6.20 Å². The second kappa shape index (κ2) is 7.62. The summed E-state index contributed by atoms with van der Waals surface area (Å²) in [4.78, 5) is 6.70. The van der Waals surface area contributed by atoms with Crippen LogP contribution in [-0.4, -0.2) is 54.9 Å². The van der Waals surface area contributed by atoms with E-state index in [2.05, 4.69) is 46.3 Å². The van der Waals surface area contributed by atoms with Crippen LogP contribution < -0.4 is 0 Å². The third kappa shape index (κ3) is 3.63. The van der Waals surface area contributed by atoms with E-state index in [0.29, 0.717) is 6.54 Å². The van der Waals surface area contributed by atoms with E-state index < -0.39 is 9.84 Å². The maximum absolute atomic E-state index is 12.3. The average Bonchev–Trinajstić information content (AvgIpc) is 3.45. The fourth-order valence-electron chi connectivity index (χ4n) is 5.21. The standard InChI is InChI=1S/C23H29N3O3S/c1-30(27,28)22-24-15-19(26(22)17-20-6-4-14-29-20)16-25-12-10-23(11-13-25)9-8-18-5-2-3-7-21(18)23/h2-3,5,7-9,15,20H,4,6,10-14,16-17H2,1H3. The second-order valence-corrected chi connectivity index (χ2v) is 10.8.